The zero-order chi connectivity index (χ0) is 13.4. The first-order valence-corrected chi connectivity index (χ1v) is 6.57. The fourth-order valence-electron chi connectivity index (χ4n) is 1.88. The largest absolute Gasteiger partial charge is 0.451 e. The first-order chi connectivity index (χ1) is 8.72. The molecule has 0 aromatic carbocycles. The van der Waals surface area contributed by atoms with Gasteiger partial charge in [0.2, 0.25) is 0 Å². The monoisotopic (exact) mass is 250 g/mol. The summed E-state index contributed by atoms with van der Waals surface area (Å²) in [6.07, 6.45) is 8.70. The van der Waals surface area contributed by atoms with Crippen LogP contribution >= 0.6 is 0 Å². The third kappa shape index (κ3) is 4.02. The minimum atomic E-state index is -0.387. The zero-order valence-corrected chi connectivity index (χ0v) is 11.3. The second-order valence-electron chi connectivity index (χ2n) is 4.20. The molecule has 0 amide bonds. The molecule has 1 unspecified atom stereocenters. The number of hydrogen-bond acceptors (Lipinski definition) is 3. The number of nitrogens with zero attached hydrogens (tertiary/aromatic N) is 2. The highest BCUT2D eigenvalue weighted by Gasteiger charge is 2.19. The summed E-state index contributed by atoms with van der Waals surface area (Å²) in [5.74, 6) is 0.436. The van der Waals surface area contributed by atoms with Gasteiger partial charge in [-0.1, -0.05) is 26.3 Å². The van der Waals surface area contributed by atoms with Crippen LogP contribution in [0.25, 0.3) is 0 Å². The van der Waals surface area contributed by atoms with Crippen LogP contribution in [0.4, 0.5) is 0 Å². The van der Waals surface area contributed by atoms with Gasteiger partial charge in [-0.05, 0) is 19.8 Å². The van der Waals surface area contributed by atoms with Crippen molar-refractivity contribution in [2.75, 3.05) is 0 Å². The van der Waals surface area contributed by atoms with Gasteiger partial charge in [0.05, 0.1) is 0 Å². The fraction of sp³-hybridized carbons (Fsp3) is 0.571. The molecule has 0 aliphatic carbocycles. The van der Waals surface area contributed by atoms with E-state index < -0.39 is 0 Å². The van der Waals surface area contributed by atoms with E-state index in [4.69, 9.17) is 4.74 Å². The Kier molecular flexibility index (Phi) is 6.19. The topological polar surface area (TPSA) is 44.1 Å². The van der Waals surface area contributed by atoms with Crippen LogP contribution in [-0.2, 0) is 16.1 Å². The van der Waals surface area contributed by atoms with Crippen LogP contribution in [0, 0.1) is 0 Å². The SMILES string of the molecule is C=CC(=O)OC(CCCCC)c1nccn1CC. The predicted molar refractivity (Wildman–Crippen MR) is 71.1 cm³/mol. The third-order valence-electron chi connectivity index (χ3n) is 2.87. The Hall–Kier alpha value is -1.58. The summed E-state index contributed by atoms with van der Waals surface area (Å²) in [6, 6.07) is 0. The van der Waals surface area contributed by atoms with Crippen molar-refractivity contribution in [3.8, 4) is 0 Å². The molecule has 0 aliphatic heterocycles. The van der Waals surface area contributed by atoms with Gasteiger partial charge in [0.25, 0.3) is 0 Å². The summed E-state index contributed by atoms with van der Waals surface area (Å²) in [6.45, 7) is 8.45. The highest BCUT2D eigenvalue weighted by atomic mass is 16.5. The Morgan fingerprint density at radius 1 is 1.56 bits per heavy atom. The second-order valence-corrected chi connectivity index (χ2v) is 4.20. The van der Waals surface area contributed by atoms with Crippen LogP contribution in [0.15, 0.2) is 25.0 Å². The molecule has 0 spiro atoms. The molecule has 4 nitrogen and oxygen atoms in total. The molecule has 0 fully saturated rings. The van der Waals surface area contributed by atoms with Crippen molar-refractivity contribution >= 4 is 5.97 Å². The Labute approximate surface area is 109 Å². The first kappa shape index (κ1) is 14.5. The second kappa shape index (κ2) is 7.69. The highest BCUT2D eigenvalue weighted by molar-refractivity contribution is 5.81. The van der Waals surface area contributed by atoms with Crippen molar-refractivity contribution < 1.29 is 9.53 Å². The molecule has 18 heavy (non-hydrogen) atoms. The maximum atomic E-state index is 11.4. The number of esters is 1. The summed E-state index contributed by atoms with van der Waals surface area (Å²) in [4.78, 5) is 15.7. The van der Waals surface area contributed by atoms with E-state index in [9.17, 15) is 4.79 Å². The minimum absolute atomic E-state index is 0.267. The molecular weight excluding hydrogens is 228 g/mol. The van der Waals surface area contributed by atoms with Gasteiger partial charge < -0.3 is 9.30 Å². The molecule has 100 valence electrons. The Morgan fingerprint density at radius 3 is 2.94 bits per heavy atom. The number of ether oxygens (including phenoxy) is 1. The summed E-state index contributed by atoms with van der Waals surface area (Å²) in [7, 11) is 0. The van der Waals surface area contributed by atoms with Gasteiger partial charge in [0, 0.05) is 25.0 Å². The number of aryl methyl sites for hydroxylation is 1. The quantitative estimate of drug-likeness (QED) is 0.404. The molecule has 0 N–H and O–H groups in total. The summed E-state index contributed by atoms with van der Waals surface area (Å²) in [5.41, 5.74) is 0. The number of unbranched alkanes of at least 4 members (excludes halogenated alkanes) is 2. The van der Waals surface area contributed by atoms with Crippen LogP contribution in [-0.4, -0.2) is 15.5 Å². The van der Waals surface area contributed by atoms with Crippen molar-refractivity contribution in [1.82, 2.24) is 9.55 Å². The lowest BCUT2D eigenvalue weighted by molar-refractivity contribution is -0.144. The van der Waals surface area contributed by atoms with Crippen LogP contribution in [0.5, 0.6) is 0 Å². The van der Waals surface area contributed by atoms with Crippen molar-refractivity contribution in [1.29, 1.82) is 0 Å². The van der Waals surface area contributed by atoms with E-state index >= 15 is 0 Å². The maximum absolute atomic E-state index is 11.4. The van der Waals surface area contributed by atoms with Crippen molar-refractivity contribution in [3.63, 3.8) is 0 Å². The Morgan fingerprint density at radius 2 is 2.33 bits per heavy atom. The molecule has 1 aromatic heterocycles. The molecule has 0 bridgehead atoms. The lowest BCUT2D eigenvalue weighted by atomic mass is 10.1. The standard InChI is InChI=1S/C14H22N2O2/c1-4-7-8-9-12(18-13(17)5-2)14-15-10-11-16(14)6-3/h5,10-12H,2,4,6-9H2,1,3H3. The Balaban J connectivity index is 2.75. The molecule has 4 heteroatoms. The van der Waals surface area contributed by atoms with E-state index in [1.54, 1.807) is 6.20 Å². The lowest BCUT2D eigenvalue weighted by Crippen LogP contribution is -2.14. The zero-order valence-electron chi connectivity index (χ0n) is 11.3. The average molecular weight is 250 g/mol. The van der Waals surface area contributed by atoms with Gasteiger partial charge in [-0.15, -0.1) is 0 Å². The smallest absolute Gasteiger partial charge is 0.330 e. The van der Waals surface area contributed by atoms with Crippen molar-refractivity contribution in [2.24, 2.45) is 0 Å². The molecule has 0 saturated carbocycles. The number of rotatable bonds is 8. The van der Waals surface area contributed by atoms with Gasteiger partial charge in [0.1, 0.15) is 5.82 Å². The molecule has 1 aromatic rings. The summed E-state index contributed by atoms with van der Waals surface area (Å²) in [5, 5.41) is 0. The maximum Gasteiger partial charge on any atom is 0.330 e. The number of hydrogen-bond donors (Lipinski definition) is 0. The van der Waals surface area contributed by atoms with Gasteiger partial charge >= 0.3 is 5.97 Å². The minimum Gasteiger partial charge on any atom is -0.451 e. The molecule has 1 rings (SSSR count). The van der Waals surface area contributed by atoms with Crippen LogP contribution in [0.3, 0.4) is 0 Å². The number of carbonyl (C=O) groups is 1. The molecule has 0 radical (unpaired) electrons. The molecule has 1 heterocycles. The van der Waals surface area contributed by atoms with Gasteiger partial charge in [-0.3, -0.25) is 0 Å². The van der Waals surface area contributed by atoms with Crippen LogP contribution < -0.4 is 0 Å². The van der Waals surface area contributed by atoms with E-state index in [2.05, 4.69) is 18.5 Å². The fourth-order valence-corrected chi connectivity index (χ4v) is 1.88. The predicted octanol–water partition coefficient (Wildman–Crippen LogP) is 3.25. The number of imidazole rings is 1. The normalized spacial score (nSPS) is 12.1. The molecule has 0 saturated heterocycles. The third-order valence-corrected chi connectivity index (χ3v) is 2.87. The Bertz CT molecular complexity index is 385. The number of carbonyl (C=O) groups excluding carboxylic acids is 1. The molecule has 0 aliphatic rings. The first-order valence-electron chi connectivity index (χ1n) is 6.57. The van der Waals surface area contributed by atoms with Crippen LogP contribution in [0.2, 0.25) is 0 Å². The summed E-state index contributed by atoms with van der Waals surface area (Å²) >= 11 is 0. The van der Waals surface area contributed by atoms with Gasteiger partial charge in [-0.2, -0.15) is 0 Å². The van der Waals surface area contributed by atoms with E-state index in [-0.39, 0.29) is 12.1 Å². The van der Waals surface area contributed by atoms with Gasteiger partial charge in [-0.25, -0.2) is 9.78 Å². The van der Waals surface area contributed by atoms with Crippen LogP contribution in [0.1, 0.15) is 51.5 Å². The lowest BCUT2D eigenvalue weighted by Gasteiger charge is -2.17. The van der Waals surface area contributed by atoms with E-state index in [0.717, 1.165) is 38.1 Å². The molecule has 1 atom stereocenters. The summed E-state index contributed by atoms with van der Waals surface area (Å²) < 4.78 is 7.40. The van der Waals surface area contributed by atoms with E-state index in [1.807, 2.05) is 17.7 Å². The average Bonchev–Trinajstić information content (AvgIpc) is 2.85. The van der Waals surface area contributed by atoms with E-state index in [0.29, 0.717) is 0 Å². The van der Waals surface area contributed by atoms with Crippen molar-refractivity contribution in [2.45, 2.75) is 52.2 Å². The number of aromatic nitrogens is 2. The highest BCUT2D eigenvalue weighted by Crippen LogP contribution is 2.23. The molecular formula is C14H22N2O2. The van der Waals surface area contributed by atoms with E-state index in [1.165, 1.54) is 6.08 Å². The van der Waals surface area contributed by atoms with Crippen molar-refractivity contribution in [3.05, 3.63) is 30.9 Å². The van der Waals surface area contributed by atoms with Gasteiger partial charge in [0.15, 0.2) is 6.10 Å².